The standard InChI is InChI=1S/C14H11N3O2S/c15-7-8-19-12-5-3-11(4-6-12)10-16-17-14(18)13-2-1-9-20-13/h1-6,9-10H,8H2,(H,17,18)/b16-10-. The maximum absolute atomic E-state index is 11.6. The molecule has 1 aromatic carbocycles. The van der Waals surface area contributed by atoms with E-state index >= 15 is 0 Å². The molecule has 0 aliphatic rings. The van der Waals surface area contributed by atoms with Crippen LogP contribution >= 0.6 is 11.3 Å². The monoisotopic (exact) mass is 285 g/mol. The Labute approximate surface area is 120 Å². The Morgan fingerprint density at radius 3 is 2.85 bits per heavy atom. The summed E-state index contributed by atoms with van der Waals surface area (Å²) in [5, 5.41) is 14.1. The van der Waals surface area contributed by atoms with Crippen LogP contribution in [0.2, 0.25) is 0 Å². The Kier molecular flexibility index (Phi) is 4.87. The lowest BCUT2D eigenvalue weighted by atomic mass is 10.2. The predicted octanol–water partition coefficient (Wildman–Crippen LogP) is 2.41. The minimum Gasteiger partial charge on any atom is -0.479 e. The molecule has 0 aliphatic carbocycles. The van der Waals surface area contributed by atoms with Crippen LogP contribution in [0.1, 0.15) is 15.2 Å². The molecule has 100 valence electrons. The fraction of sp³-hybridized carbons (Fsp3) is 0.0714. The van der Waals surface area contributed by atoms with Gasteiger partial charge in [0.25, 0.3) is 5.91 Å². The fourth-order valence-electron chi connectivity index (χ4n) is 1.39. The van der Waals surface area contributed by atoms with E-state index in [1.165, 1.54) is 11.3 Å². The number of nitrogens with zero attached hydrogens (tertiary/aromatic N) is 2. The molecule has 0 saturated heterocycles. The van der Waals surface area contributed by atoms with Crippen molar-refractivity contribution < 1.29 is 9.53 Å². The third-order valence-corrected chi connectivity index (χ3v) is 3.18. The number of hydrogen-bond donors (Lipinski definition) is 1. The van der Waals surface area contributed by atoms with Crippen LogP contribution in [0.3, 0.4) is 0 Å². The van der Waals surface area contributed by atoms with Crippen molar-refractivity contribution in [2.24, 2.45) is 5.10 Å². The summed E-state index contributed by atoms with van der Waals surface area (Å²) in [4.78, 5) is 12.2. The second-order valence-electron chi connectivity index (χ2n) is 3.69. The number of thiophene rings is 1. The van der Waals surface area contributed by atoms with Crippen molar-refractivity contribution in [3.63, 3.8) is 0 Å². The SMILES string of the molecule is N#CCOc1ccc(/C=N\NC(=O)c2cccs2)cc1. The normalized spacial score (nSPS) is 10.2. The average Bonchev–Trinajstić information content (AvgIpc) is 3.00. The van der Waals surface area contributed by atoms with Gasteiger partial charge in [0, 0.05) is 0 Å². The van der Waals surface area contributed by atoms with Crippen LogP contribution < -0.4 is 10.2 Å². The summed E-state index contributed by atoms with van der Waals surface area (Å²) in [5.41, 5.74) is 3.27. The molecule has 1 N–H and O–H groups in total. The number of amides is 1. The van der Waals surface area contributed by atoms with Gasteiger partial charge in [0.15, 0.2) is 6.61 Å². The summed E-state index contributed by atoms with van der Waals surface area (Å²) in [7, 11) is 0. The van der Waals surface area contributed by atoms with Gasteiger partial charge < -0.3 is 4.74 Å². The molecule has 0 atom stereocenters. The summed E-state index contributed by atoms with van der Waals surface area (Å²) in [6, 6.07) is 12.5. The molecule has 6 heteroatoms. The smallest absolute Gasteiger partial charge is 0.281 e. The Morgan fingerprint density at radius 1 is 1.40 bits per heavy atom. The molecule has 1 heterocycles. The van der Waals surface area contributed by atoms with E-state index in [1.54, 1.807) is 36.5 Å². The maximum atomic E-state index is 11.6. The number of nitrogens with one attached hydrogen (secondary N) is 1. The summed E-state index contributed by atoms with van der Waals surface area (Å²) in [6.45, 7) is 0.0182. The quantitative estimate of drug-likeness (QED) is 0.677. The summed E-state index contributed by atoms with van der Waals surface area (Å²) in [6.07, 6.45) is 1.54. The van der Waals surface area contributed by atoms with Gasteiger partial charge in [-0.2, -0.15) is 10.4 Å². The summed E-state index contributed by atoms with van der Waals surface area (Å²) >= 11 is 1.36. The van der Waals surface area contributed by atoms with Crippen molar-refractivity contribution in [1.29, 1.82) is 5.26 Å². The minimum atomic E-state index is -0.231. The zero-order chi connectivity index (χ0) is 14.2. The highest BCUT2D eigenvalue weighted by Gasteiger charge is 2.03. The van der Waals surface area contributed by atoms with Crippen molar-refractivity contribution in [3.8, 4) is 11.8 Å². The van der Waals surface area contributed by atoms with Crippen molar-refractivity contribution in [2.45, 2.75) is 0 Å². The highest BCUT2D eigenvalue weighted by atomic mass is 32.1. The van der Waals surface area contributed by atoms with Crippen LogP contribution in [0.5, 0.6) is 5.75 Å². The largest absolute Gasteiger partial charge is 0.479 e. The van der Waals surface area contributed by atoms with Crippen LogP contribution in [0.4, 0.5) is 0 Å². The Balaban J connectivity index is 1.88. The van der Waals surface area contributed by atoms with E-state index < -0.39 is 0 Å². The molecule has 0 saturated carbocycles. The molecule has 0 aliphatic heterocycles. The number of hydrogen-bond acceptors (Lipinski definition) is 5. The Bertz CT molecular complexity index is 627. The van der Waals surface area contributed by atoms with Crippen LogP contribution in [-0.2, 0) is 0 Å². The molecule has 0 radical (unpaired) electrons. The second kappa shape index (κ2) is 7.07. The number of carbonyl (C=O) groups excluding carboxylic acids is 1. The zero-order valence-corrected chi connectivity index (χ0v) is 11.3. The highest BCUT2D eigenvalue weighted by Crippen LogP contribution is 2.11. The summed E-state index contributed by atoms with van der Waals surface area (Å²) < 4.78 is 5.13. The molecule has 0 fully saturated rings. The van der Waals surface area contributed by atoms with Crippen molar-refractivity contribution >= 4 is 23.5 Å². The van der Waals surface area contributed by atoms with Gasteiger partial charge in [-0.1, -0.05) is 6.07 Å². The van der Waals surface area contributed by atoms with Gasteiger partial charge in [-0.05, 0) is 41.3 Å². The van der Waals surface area contributed by atoms with Gasteiger partial charge in [-0.3, -0.25) is 4.79 Å². The zero-order valence-electron chi connectivity index (χ0n) is 10.4. The van der Waals surface area contributed by atoms with E-state index in [4.69, 9.17) is 10.00 Å². The molecule has 5 nitrogen and oxygen atoms in total. The van der Waals surface area contributed by atoms with E-state index in [1.807, 2.05) is 17.5 Å². The van der Waals surface area contributed by atoms with E-state index in [0.29, 0.717) is 10.6 Å². The predicted molar refractivity (Wildman–Crippen MR) is 76.9 cm³/mol. The molecule has 0 spiro atoms. The lowest BCUT2D eigenvalue weighted by Gasteiger charge is -2.01. The third kappa shape index (κ3) is 3.93. The fourth-order valence-corrected chi connectivity index (χ4v) is 2.01. The first kappa shape index (κ1) is 13.8. The van der Waals surface area contributed by atoms with Crippen LogP contribution in [-0.4, -0.2) is 18.7 Å². The van der Waals surface area contributed by atoms with Gasteiger partial charge in [0.05, 0.1) is 11.1 Å². The first-order valence-corrected chi connectivity index (χ1v) is 6.64. The molecule has 0 unspecified atom stereocenters. The highest BCUT2D eigenvalue weighted by molar-refractivity contribution is 7.12. The number of nitriles is 1. The number of rotatable bonds is 5. The average molecular weight is 285 g/mol. The third-order valence-electron chi connectivity index (χ3n) is 2.31. The van der Waals surface area contributed by atoms with Gasteiger partial charge in [0.2, 0.25) is 0 Å². The molecule has 20 heavy (non-hydrogen) atoms. The van der Waals surface area contributed by atoms with E-state index in [9.17, 15) is 4.79 Å². The van der Waals surface area contributed by atoms with Gasteiger partial charge >= 0.3 is 0 Å². The molecular formula is C14H11N3O2S. The Hall–Kier alpha value is -2.65. The van der Waals surface area contributed by atoms with Crippen molar-refractivity contribution in [2.75, 3.05) is 6.61 Å². The van der Waals surface area contributed by atoms with E-state index in [0.717, 1.165) is 5.56 Å². The van der Waals surface area contributed by atoms with Crippen LogP contribution in [0.15, 0.2) is 46.9 Å². The number of carbonyl (C=O) groups is 1. The van der Waals surface area contributed by atoms with Gasteiger partial charge in [-0.15, -0.1) is 11.3 Å². The summed E-state index contributed by atoms with van der Waals surface area (Å²) in [5.74, 6) is 0.386. The maximum Gasteiger partial charge on any atom is 0.281 e. The van der Waals surface area contributed by atoms with E-state index in [2.05, 4.69) is 10.5 Å². The first-order valence-electron chi connectivity index (χ1n) is 5.76. The van der Waals surface area contributed by atoms with Crippen LogP contribution in [0.25, 0.3) is 0 Å². The molecular weight excluding hydrogens is 274 g/mol. The lowest BCUT2D eigenvalue weighted by molar-refractivity contribution is 0.0959. The molecule has 0 bridgehead atoms. The minimum absolute atomic E-state index is 0.0182. The second-order valence-corrected chi connectivity index (χ2v) is 4.64. The number of benzene rings is 1. The molecule has 1 amide bonds. The molecule has 1 aromatic heterocycles. The topological polar surface area (TPSA) is 74.5 Å². The number of ether oxygens (including phenoxy) is 1. The van der Waals surface area contributed by atoms with Gasteiger partial charge in [-0.25, -0.2) is 5.43 Å². The van der Waals surface area contributed by atoms with Crippen molar-refractivity contribution in [3.05, 3.63) is 52.2 Å². The van der Waals surface area contributed by atoms with Crippen LogP contribution in [0, 0.1) is 11.3 Å². The van der Waals surface area contributed by atoms with E-state index in [-0.39, 0.29) is 12.5 Å². The lowest BCUT2D eigenvalue weighted by Crippen LogP contribution is -2.16. The first-order chi connectivity index (χ1) is 9.79. The molecule has 2 rings (SSSR count). The number of hydrazone groups is 1. The van der Waals surface area contributed by atoms with Crippen molar-refractivity contribution in [1.82, 2.24) is 5.43 Å². The molecule has 2 aromatic rings. The van der Waals surface area contributed by atoms with Gasteiger partial charge in [0.1, 0.15) is 11.8 Å². The Morgan fingerprint density at radius 2 is 2.20 bits per heavy atom.